The lowest BCUT2D eigenvalue weighted by Crippen LogP contribution is -2.13. The number of hydrogen-bond donors (Lipinski definition) is 2. The van der Waals surface area contributed by atoms with Crippen molar-refractivity contribution in [3.8, 4) is 5.75 Å². The molecule has 0 fully saturated rings. The summed E-state index contributed by atoms with van der Waals surface area (Å²) in [7, 11) is 0. The van der Waals surface area contributed by atoms with Crippen molar-refractivity contribution < 1.29 is 9.84 Å². The van der Waals surface area contributed by atoms with Gasteiger partial charge in [0.05, 0.1) is 12.7 Å². The van der Waals surface area contributed by atoms with Gasteiger partial charge in [0.25, 0.3) is 0 Å². The van der Waals surface area contributed by atoms with E-state index in [-0.39, 0.29) is 6.54 Å². The molecule has 0 heterocycles. The van der Waals surface area contributed by atoms with Crippen LogP contribution < -0.4 is 10.5 Å². The third-order valence-corrected chi connectivity index (χ3v) is 2.36. The van der Waals surface area contributed by atoms with Crippen LogP contribution in [0.2, 0.25) is 5.02 Å². The molecule has 1 rings (SSSR count). The summed E-state index contributed by atoms with van der Waals surface area (Å²) >= 11 is 5.92. The molecule has 0 aliphatic heterocycles. The van der Waals surface area contributed by atoms with E-state index >= 15 is 0 Å². The SMILES string of the molecule is CCOc1c(C)cc(Cl)cc1C(O)CN. The first-order chi connectivity index (χ1) is 7.10. The average molecular weight is 230 g/mol. The third-order valence-electron chi connectivity index (χ3n) is 2.14. The van der Waals surface area contributed by atoms with Crippen LogP contribution in [0.25, 0.3) is 0 Å². The molecule has 3 N–H and O–H groups in total. The predicted octanol–water partition coefficient (Wildman–Crippen LogP) is 2.04. The number of rotatable bonds is 4. The number of ether oxygens (including phenoxy) is 1. The molecule has 0 amide bonds. The van der Waals surface area contributed by atoms with E-state index in [4.69, 9.17) is 22.1 Å². The first-order valence-corrected chi connectivity index (χ1v) is 5.28. The number of benzene rings is 1. The lowest BCUT2D eigenvalue weighted by atomic mass is 10.0. The van der Waals surface area contributed by atoms with Gasteiger partial charge in [0.15, 0.2) is 0 Å². The van der Waals surface area contributed by atoms with Gasteiger partial charge in [-0.15, -0.1) is 0 Å². The summed E-state index contributed by atoms with van der Waals surface area (Å²) in [6.07, 6.45) is -0.732. The second-order valence-electron chi connectivity index (χ2n) is 3.33. The Morgan fingerprint density at radius 2 is 2.20 bits per heavy atom. The molecule has 1 unspecified atom stereocenters. The maximum absolute atomic E-state index is 9.72. The molecule has 3 nitrogen and oxygen atoms in total. The molecule has 84 valence electrons. The minimum absolute atomic E-state index is 0.153. The smallest absolute Gasteiger partial charge is 0.128 e. The number of hydrogen-bond acceptors (Lipinski definition) is 3. The average Bonchev–Trinajstić information content (AvgIpc) is 2.20. The molecule has 0 radical (unpaired) electrons. The largest absolute Gasteiger partial charge is 0.493 e. The van der Waals surface area contributed by atoms with Crippen LogP contribution in [0.4, 0.5) is 0 Å². The Kier molecular flexibility index (Phi) is 4.39. The molecule has 15 heavy (non-hydrogen) atoms. The van der Waals surface area contributed by atoms with Crippen LogP contribution >= 0.6 is 11.6 Å². The normalized spacial score (nSPS) is 12.6. The van der Waals surface area contributed by atoms with Crippen molar-refractivity contribution in [2.45, 2.75) is 20.0 Å². The van der Waals surface area contributed by atoms with E-state index < -0.39 is 6.10 Å². The van der Waals surface area contributed by atoms with Crippen molar-refractivity contribution in [2.24, 2.45) is 5.73 Å². The summed E-state index contributed by atoms with van der Waals surface area (Å²) in [6.45, 7) is 4.49. The second-order valence-corrected chi connectivity index (χ2v) is 3.76. The van der Waals surface area contributed by atoms with Gasteiger partial charge in [-0.3, -0.25) is 0 Å². The topological polar surface area (TPSA) is 55.5 Å². The lowest BCUT2D eigenvalue weighted by Gasteiger charge is -2.17. The van der Waals surface area contributed by atoms with E-state index in [0.717, 1.165) is 5.56 Å². The predicted molar refractivity (Wildman–Crippen MR) is 61.4 cm³/mol. The monoisotopic (exact) mass is 229 g/mol. The molecule has 0 spiro atoms. The number of aryl methyl sites for hydroxylation is 1. The quantitative estimate of drug-likeness (QED) is 0.831. The number of halogens is 1. The Morgan fingerprint density at radius 1 is 1.53 bits per heavy atom. The van der Waals surface area contributed by atoms with Crippen molar-refractivity contribution in [1.29, 1.82) is 0 Å². The summed E-state index contributed by atoms with van der Waals surface area (Å²) in [5.41, 5.74) is 6.99. The molecule has 0 saturated heterocycles. The fraction of sp³-hybridized carbons (Fsp3) is 0.455. The number of aliphatic hydroxyl groups excluding tert-OH is 1. The molecular formula is C11H16ClNO2. The molecule has 0 aromatic heterocycles. The zero-order valence-electron chi connectivity index (χ0n) is 8.96. The van der Waals surface area contributed by atoms with Crippen molar-refractivity contribution in [2.75, 3.05) is 13.2 Å². The highest BCUT2D eigenvalue weighted by molar-refractivity contribution is 6.30. The highest BCUT2D eigenvalue weighted by Gasteiger charge is 2.15. The van der Waals surface area contributed by atoms with E-state index in [0.29, 0.717) is 22.9 Å². The van der Waals surface area contributed by atoms with Gasteiger partial charge < -0.3 is 15.6 Å². The van der Waals surface area contributed by atoms with E-state index in [2.05, 4.69) is 0 Å². The Labute approximate surface area is 94.8 Å². The van der Waals surface area contributed by atoms with E-state index in [1.807, 2.05) is 13.8 Å². The molecule has 1 aromatic rings. The van der Waals surface area contributed by atoms with Crippen molar-refractivity contribution >= 4 is 11.6 Å². The molecule has 0 aliphatic carbocycles. The van der Waals surface area contributed by atoms with Gasteiger partial charge in [0.1, 0.15) is 5.75 Å². The van der Waals surface area contributed by atoms with E-state index in [1.165, 1.54) is 0 Å². The van der Waals surface area contributed by atoms with Crippen LogP contribution in [0, 0.1) is 6.92 Å². The molecule has 1 aromatic carbocycles. The Hall–Kier alpha value is -0.770. The zero-order valence-corrected chi connectivity index (χ0v) is 9.71. The lowest BCUT2D eigenvalue weighted by molar-refractivity contribution is 0.180. The number of aliphatic hydroxyl groups is 1. The molecule has 1 atom stereocenters. The van der Waals surface area contributed by atoms with Gasteiger partial charge in [-0.2, -0.15) is 0 Å². The summed E-state index contributed by atoms with van der Waals surface area (Å²) in [5.74, 6) is 0.680. The Morgan fingerprint density at radius 3 is 2.73 bits per heavy atom. The Balaban J connectivity index is 3.20. The van der Waals surface area contributed by atoms with Crippen LogP contribution in [0.1, 0.15) is 24.2 Å². The number of nitrogens with two attached hydrogens (primary N) is 1. The highest BCUT2D eigenvalue weighted by Crippen LogP contribution is 2.31. The van der Waals surface area contributed by atoms with Crippen LogP contribution in [0.5, 0.6) is 5.75 Å². The van der Waals surface area contributed by atoms with E-state index in [9.17, 15) is 5.11 Å². The fourth-order valence-electron chi connectivity index (χ4n) is 1.47. The van der Waals surface area contributed by atoms with Crippen LogP contribution in [-0.2, 0) is 0 Å². The molecule has 0 bridgehead atoms. The van der Waals surface area contributed by atoms with Gasteiger partial charge in [0.2, 0.25) is 0 Å². The Bertz CT molecular complexity index is 342. The van der Waals surface area contributed by atoms with Gasteiger partial charge in [0, 0.05) is 17.1 Å². The summed E-state index contributed by atoms with van der Waals surface area (Å²) in [6, 6.07) is 3.50. The fourth-order valence-corrected chi connectivity index (χ4v) is 1.75. The zero-order chi connectivity index (χ0) is 11.4. The first kappa shape index (κ1) is 12.3. The van der Waals surface area contributed by atoms with Crippen molar-refractivity contribution in [3.05, 3.63) is 28.3 Å². The van der Waals surface area contributed by atoms with Crippen LogP contribution in [0.3, 0.4) is 0 Å². The molecule has 4 heteroatoms. The minimum atomic E-state index is -0.732. The molecular weight excluding hydrogens is 214 g/mol. The van der Waals surface area contributed by atoms with Crippen molar-refractivity contribution in [1.82, 2.24) is 0 Å². The van der Waals surface area contributed by atoms with Crippen molar-refractivity contribution in [3.63, 3.8) is 0 Å². The summed E-state index contributed by atoms with van der Waals surface area (Å²) < 4.78 is 5.47. The first-order valence-electron chi connectivity index (χ1n) is 4.91. The maximum Gasteiger partial charge on any atom is 0.128 e. The molecule has 0 aliphatic rings. The summed E-state index contributed by atoms with van der Waals surface area (Å²) in [4.78, 5) is 0. The molecule has 0 saturated carbocycles. The minimum Gasteiger partial charge on any atom is -0.493 e. The standard InChI is InChI=1S/C11H16ClNO2/c1-3-15-11-7(2)4-8(12)5-9(11)10(14)6-13/h4-5,10,14H,3,6,13H2,1-2H3. The maximum atomic E-state index is 9.72. The summed E-state index contributed by atoms with van der Waals surface area (Å²) in [5, 5.41) is 10.3. The van der Waals surface area contributed by atoms with Gasteiger partial charge in [-0.1, -0.05) is 11.6 Å². The van der Waals surface area contributed by atoms with Crippen LogP contribution in [0.15, 0.2) is 12.1 Å². The van der Waals surface area contributed by atoms with E-state index in [1.54, 1.807) is 12.1 Å². The second kappa shape index (κ2) is 5.35. The van der Waals surface area contributed by atoms with Gasteiger partial charge in [-0.25, -0.2) is 0 Å². The highest BCUT2D eigenvalue weighted by atomic mass is 35.5. The van der Waals surface area contributed by atoms with Crippen LogP contribution in [-0.4, -0.2) is 18.3 Å². The third kappa shape index (κ3) is 2.84. The van der Waals surface area contributed by atoms with Gasteiger partial charge in [-0.05, 0) is 31.5 Å². The van der Waals surface area contributed by atoms with Gasteiger partial charge >= 0.3 is 0 Å².